The Bertz CT molecular complexity index is 139. The first-order valence-corrected chi connectivity index (χ1v) is 4.81. The van der Waals surface area contributed by atoms with Gasteiger partial charge in [-0.3, -0.25) is 0 Å². The van der Waals surface area contributed by atoms with E-state index in [1.165, 1.54) is 6.08 Å². The third kappa shape index (κ3) is 5.24. The standard InChI is InChI=1S/C9H16O2S/c1-3-5-8(6-7-12)11-9(10)4-2/h4,8,12H,2-3,5-7H2,1H3. The Kier molecular flexibility index (Phi) is 6.96. The first-order chi connectivity index (χ1) is 5.74. The predicted molar refractivity (Wildman–Crippen MR) is 53.5 cm³/mol. The molecule has 12 heavy (non-hydrogen) atoms. The maximum atomic E-state index is 10.8. The van der Waals surface area contributed by atoms with E-state index in [4.69, 9.17) is 4.74 Å². The maximum absolute atomic E-state index is 10.8. The third-order valence-corrected chi connectivity index (χ3v) is 1.77. The van der Waals surface area contributed by atoms with Crippen molar-refractivity contribution in [3.8, 4) is 0 Å². The number of rotatable bonds is 6. The largest absolute Gasteiger partial charge is 0.459 e. The third-order valence-electron chi connectivity index (χ3n) is 1.51. The molecule has 0 aromatic rings. The molecular weight excluding hydrogens is 172 g/mol. The molecule has 0 aliphatic rings. The SMILES string of the molecule is C=CC(=O)OC(CCC)CCS. The second-order valence-electron chi connectivity index (χ2n) is 2.56. The zero-order chi connectivity index (χ0) is 9.40. The Balaban J connectivity index is 3.76. The van der Waals surface area contributed by atoms with Crippen LogP contribution in [0.25, 0.3) is 0 Å². The van der Waals surface area contributed by atoms with Gasteiger partial charge in [-0.2, -0.15) is 12.6 Å². The molecule has 2 nitrogen and oxygen atoms in total. The highest BCUT2D eigenvalue weighted by Gasteiger charge is 2.09. The van der Waals surface area contributed by atoms with Gasteiger partial charge in [0.25, 0.3) is 0 Å². The van der Waals surface area contributed by atoms with Crippen molar-refractivity contribution in [3.63, 3.8) is 0 Å². The van der Waals surface area contributed by atoms with Crippen LogP contribution in [-0.4, -0.2) is 17.8 Å². The average Bonchev–Trinajstić information content (AvgIpc) is 2.05. The summed E-state index contributed by atoms with van der Waals surface area (Å²) >= 11 is 4.09. The first kappa shape index (κ1) is 11.6. The van der Waals surface area contributed by atoms with Crippen LogP contribution < -0.4 is 0 Å². The number of thiol groups is 1. The van der Waals surface area contributed by atoms with Crippen molar-refractivity contribution in [2.24, 2.45) is 0 Å². The molecule has 0 amide bonds. The van der Waals surface area contributed by atoms with Crippen LogP contribution in [0.1, 0.15) is 26.2 Å². The summed E-state index contributed by atoms with van der Waals surface area (Å²) in [5.74, 6) is 0.407. The van der Waals surface area contributed by atoms with Crippen molar-refractivity contribution in [2.75, 3.05) is 5.75 Å². The van der Waals surface area contributed by atoms with E-state index in [0.717, 1.165) is 25.0 Å². The average molecular weight is 188 g/mol. The lowest BCUT2D eigenvalue weighted by atomic mass is 10.1. The van der Waals surface area contributed by atoms with Gasteiger partial charge in [0.2, 0.25) is 0 Å². The Labute approximate surface area is 79.4 Å². The summed E-state index contributed by atoms with van der Waals surface area (Å²) < 4.78 is 5.07. The number of carbonyl (C=O) groups excluding carboxylic acids is 1. The van der Waals surface area contributed by atoms with Crippen molar-refractivity contribution in [1.29, 1.82) is 0 Å². The molecule has 0 saturated carbocycles. The number of hydrogen-bond acceptors (Lipinski definition) is 3. The van der Waals surface area contributed by atoms with Crippen molar-refractivity contribution in [3.05, 3.63) is 12.7 Å². The lowest BCUT2D eigenvalue weighted by Gasteiger charge is -2.14. The van der Waals surface area contributed by atoms with E-state index >= 15 is 0 Å². The molecule has 70 valence electrons. The zero-order valence-corrected chi connectivity index (χ0v) is 8.35. The predicted octanol–water partition coefficient (Wildman–Crippen LogP) is 2.20. The minimum absolute atomic E-state index is 0.0120. The van der Waals surface area contributed by atoms with Crippen LogP contribution in [0.5, 0.6) is 0 Å². The number of carbonyl (C=O) groups is 1. The van der Waals surface area contributed by atoms with Crippen LogP contribution in [0.3, 0.4) is 0 Å². The molecule has 0 rings (SSSR count). The van der Waals surface area contributed by atoms with Crippen molar-refractivity contribution < 1.29 is 9.53 Å². The van der Waals surface area contributed by atoms with Gasteiger partial charge in [0.1, 0.15) is 6.10 Å². The normalized spacial score (nSPS) is 12.2. The molecule has 3 heteroatoms. The summed E-state index contributed by atoms with van der Waals surface area (Å²) in [6, 6.07) is 0. The molecule has 0 aliphatic heterocycles. The zero-order valence-electron chi connectivity index (χ0n) is 7.45. The summed E-state index contributed by atoms with van der Waals surface area (Å²) in [5, 5.41) is 0. The molecule has 0 aromatic heterocycles. The monoisotopic (exact) mass is 188 g/mol. The van der Waals surface area contributed by atoms with Crippen molar-refractivity contribution >= 4 is 18.6 Å². The van der Waals surface area contributed by atoms with Gasteiger partial charge in [-0.1, -0.05) is 19.9 Å². The van der Waals surface area contributed by atoms with E-state index in [-0.39, 0.29) is 12.1 Å². The fourth-order valence-electron chi connectivity index (χ4n) is 0.941. The molecule has 0 aliphatic carbocycles. The minimum atomic E-state index is -0.338. The highest BCUT2D eigenvalue weighted by Crippen LogP contribution is 2.08. The Morgan fingerprint density at radius 3 is 2.75 bits per heavy atom. The van der Waals surface area contributed by atoms with Gasteiger partial charge in [-0.05, 0) is 18.6 Å². The number of hydrogen-bond donors (Lipinski definition) is 1. The van der Waals surface area contributed by atoms with Crippen LogP contribution in [0.4, 0.5) is 0 Å². The van der Waals surface area contributed by atoms with Crippen LogP contribution in [0.15, 0.2) is 12.7 Å². The van der Waals surface area contributed by atoms with Gasteiger partial charge in [-0.25, -0.2) is 4.79 Å². The van der Waals surface area contributed by atoms with E-state index in [9.17, 15) is 4.79 Å². The van der Waals surface area contributed by atoms with Crippen LogP contribution >= 0.6 is 12.6 Å². The maximum Gasteiger partial charge on any atom is 0.330 e. The molecule has 0 saturated heterocycles. The molecule has 0 spiro atoms. The highest BCUT2D eigenvalue weighted by molar-refractivity contribution is 7.80. The van der Waals surface area contributed by atoms with Crippen LogP contribution in [0.2, 0.25) is 0 Å². The van der Waals surface area contributed by atoms with E-state index in [1.807, 2.05) is 0 Å². The van der Waals surface area contributed by atoms with Crippen LogP contribution in [-0.2, 0) is 9.53 Å². The lowest BCUT2D eigenvalue weighted by Crippen LogP contribution is -2.17. The smallest absolute Gasteiger partial charge is 0.330 e. The van der Waals surface area contributed by atoms with E-state index in [0.29, 0.717) is 0 Å². The van der Waals surface area contributed by atoms with Gasteiger partial charge >= 0.3 is 5.97 Å². The second-order valence-corrected chi connectivity index (χ2v) is 3.01. The summed E-state index contributed by atoms with van der Waals surface area (Å²) in [7, 11) is 0. The molecule has 0 heterocycles. The Hall–Kier alpha value is -0.440. The first-order valence-electron chi connectivity index (χ1n) is 4.18. The Morgan fingerprint density at radius 1 is 1.67 bits per heavy atom. The topological polar surface area (TPSA) is 26.3 Å². The summed E-state index contributed by atoms with van der Waals surface area (Å²) in [5.41, 5.74) is 0. The van der Waals surface area contributed by atoms with Gasteiger partial charge in [-0.15, -0.1) is 0 Å². The molecule has 0 aromatic carbocycles. The number of esters is 1. The van der Waals surface area contributed by atoms with Crippen molar-refractivity contribution in [2.45, 2.75) is 32.3 Å². The lowest BCUT2D eigenvalue weighted by molar-refractivity contribution is -0.143. The number of ether oxygens (including phenoxy) is 1. The molecule has 0 bridgehead atoms. The van der Waals surface area contributed by atoms with E-state index < -0.39 is 0 Å². The van der Waals surface area contributed by atoms with Gasteiger partial charge < -0.3 is 4.74 Å². The summed E-state index contributed by atoms with van der Waals surface area (Å²) in [6.45, 7) is 5.40. The molecular formula is C9H16O2S. The van der Waals surface area contributed by atoms with Crippen molar-refractivity contribution in [1.82, 2.24) is 0 Å². The minimum Gasteiger partial charge on any atom is -0.459 e. The molecule has 0 radical (unpaired) electrons. The Morgan fingerprint density at radius 2 is 2.33 bits per heavy atom. The van der Waals surface area contributed by atoms with Gasteiger partial charge in [0, 0.05) is 6.08 Å². The molecule has 1 unspecified atom stereocenters. The van der Waals surface area contributed by atoms with Crippen LogP contribution in [0, 0.1) is 0 Å². The fraction of sp³-hybridized carbons (Fsp3) is 0.667. The van der Waals surface area contributed by atoms with E-state index in [1.54, 1.807) is 0 Å². The summed E-state index contributed by atoms with van der Waals surface area (Å²) in [4.78, 5) is 10.8. The highest BCUT2D eigenvalue weighted by atomic mass is 32.1. The molecule has 0 fully saturated rings. The summed E-state index contributed by atoms with van der Waals surface area (Å²) in [6.07, 6.45) is 3.94. The van der Waals surface area contributed by atoms with Gasteiger partial charge in [0.05, 0.1) is 0 Å². The second kappa shape index (κ2) is 7.22. The van der Waals surface area contributed by atoms with E-state index in [2.05, 4.69) is 26.1 Å². The fourth-order valence-corrected chi connectivity index (χ4v) is 1.23. The van der Waals surface area contributed by atoms with Gasteiger partial charge in [0.15, 0.2) is 0 Å². The molecule has 0 N–H and O–H groups in total. The quantitative estimate of drug-likeness (QED) is 0.393. The molecule has 1 atom stereocenters.